The summed E-state index contributed by atoms with van der Waals surface area (Å²) in [5.74, 6) is 0.362. The lowest BCUT2D eigenvalue weighted by Gasteiger charge is -2.27. The van der Waals surface area contributed by atoms with Gasteiger partial charge in [-0.3, -0.25) is 0 Å². The molecule has 0 amide bonds. The van der Waals surface area contributed by atoms with Gasteiger partial charge in [0, 0.05) is 0 Å². The van der Waals surface area contributed by atoms with Crippen LogP contribution in [0.1, 0.15) is 31.9 Å². The van der Waals surface area contributed by atoms with Crippen LogP contribution in [-0.2, 0) is 12.0 Å². The highest BCUT2D eigenvalue weighted by Crippen LogP contribution is 2.38. The molecule has 0 saturated carbocycles. The first kappa shape index (κ1) is 14.0. The van der Waals surface area contributed by atoms with Crippen molar-refractivity contribution in [1.29, 1.82) is 0 Å². The third-order valence-corrected chi connectivity index (χ3v) is 2.69. The van der Waals surface area contributed by atoms with E-state index in [2.05, 4.69) is 0 Å². The van der Waals surface area contributed by atoms with Gasteiger partial charge in [0.1, 0.15) is 0 Å². The molecule has 0 aliphatic carbocycles. The first-order chi connectivity index (χ1) is 7.64. The van der Waals surface area contributed by atoms with Crippen molar-refractivity contribution < 1.29 is 18.3 Å². The Morgan fingerprint density at radius 3 is 2.29 bits per heavy atom. The summed E-state index contributed by atoms with van der Waals surface area (Å²) < 4.78 is 38.0. The zero-order valence-corrected chi connectivity index (χ0v) is 10.2. The van der Waals surface area contributed by atoms with Gasteiger partial charge in [-0.2, -0.15) is 13.2 Å². The minimum absolute atomic E-state index is 0.108. The Morgan fingerprint density at radius 2 is 1.82 bits per heavy atom. The first-order valence-corrected chi connectivity index (χ1v) is 5.53. The summed E-state index contributed by atoms with van der Waals surface area (Å²) in [4.78, 5) is 0. The number of benzene rings is 1. The summed E-state index contributed by atoms with van der Waals surface area (Å²) in [6.45, 7) is 4.77. The average Bonchev–Trinajstić information content (AvgIpc) is 2.15. The van der Waals surface area contributed by atoms with E-state index < -0.39 is 11.8 Å². The van der Waals surface area contributed by atoms with Gasteiger partial charge in [-0.1, -0.05) is 38.1 Å². The summed E-state index contributed by atoms with van der Waals surface area (Å²) in [6, 6.07) is 6.05. The molecule has 96 valence electrons. The molecule has 0 bridgehead atoms. The normalized spacial score (nSPS) is 16.0. The molecule has 0 heterocycles. The Balaban J connectivity index is 3.07. The van der Waals surface area contributed by atoms with Gasteiger partial charge in [0.2, 0.25) is 0 Å². The summed E-state index contributed by atoms with van der Waals surface area (Å²) >= 11 is 0. The Labute approximate surface area is 99.3 Å². The minimum atomic E-state index is -4.66. The molecule has 1 aromatic carbocycles. The quantitative estimate of drug-likeness (QED) is 0.863. The number of hydrogen-bond acceptors (Lipinski definition) is 1. The zero-order chi connectivity index (χ0) is 13.3. The molecule has 4 heteroatoms. The van der Waals surface area contributed by atoms with Crippen molar-refractivity contribution in [2.75, 3.05) is 0 Å². The largest absolute Gasteiger partial charge is 0.421 e. The monoisotopic (exact) mass is 246 g/mol. The van der Waals surface area contributed by atoms with E-state index in [1.807, 2.05) is 13.8 Å². The number of hydrogen-bond donors (Lipinski definition) is 1. The van der Waals surface area contributed by atoms with Crippen LogP contribution < -0.4 is 0 Å². The van der Waals surface area contributed by atoms with Crippen molar-refractivity contribution in [1.82, 2.24) is 0 Å². The van der Waals surface area contributed by atoms with Crippen LogP contribution in [0, 0.1) is 5.92 Å². The van der Waals surface area contributed by atoms with Crippen LogP contribution in [0.3, 0.4) is 0 Å². The van der Waals surface area contributed by atoms with Crippen molar-refractivity contribution >= 4 is 0 Å². The summed E-state index contributed by atoms with van der Waals surface area (Å²) in [6.07, 6.45) is -3.97. The Morgan fingerprint density at radius 1 is 1.24 bits per heavy atom. The van der Waals surface area contributed by atoms with Gasteiger partial charge in [0.25, 0.3) is 0 Å². The molecule has 1 N–H and O–H groups in total. The maximum Gasteiger partial charge on any atom is 0.421 e. The average molecular weight is 246 g/mol. The molecule has 0 spiro atoms. The fourth-order valence-electron chi connectivity index (χ4n) is 1.64. The second-order valence-corrected chi connectivity index (χ2v) is 4.87. The molecule has 0 radical (unpaired) electrons. The molecule has 1 atom stereocenters. The van der Waals surface area contributed by atoms with Crippen LogP contribution >= 0.6 is 0 Å². The molecular formula is C13H17F3O. The molecule has 1 nitrogen and oxygen atoms in total. The van der Waals surface area contributed by atoms with Crippen LogP contribution in [0.5, 0.6) is 0 Å². The van der Waals surface area contributed by atoms with E-state index in [0.29, 0.717) is 12.3 Å². The highest BCUT2D eigenvalue weighted by Gasteiger charge is 2.51. The second kappa shape index (κ2) is 4.69. The van der Waals surface area contributed by atoms with Gasteiger partial charge < -0.3 is 5.11 Å². The third kappa shape index (κ3) is 3.22. The summed E-state index contributed by atoms with van der Waals surface area (Å²) in [5, 5.41) is 9.56. The standard InChI is InChI=1S/C13H17F3O/c1-9(2)7-10-5-4-6-11(8-10)12(3,17)13(14,15)16/h4-6,8-9,17H,7H2,1-3H3. The van der Waals surface area contributed by atoms with Crippen LogP contribution in [0.2, 0.25) is 0 Å². The van der Waals surface area contributed by atoms with Crippen molar-refractivity contribution in [3.05, 3.63) is 35.4 Å². The lowest BCUT2D eigenvalue weighted by molar-refractivity contribution is -0.258. The predicted octanol–water partition coefficient (Wildman–Crippen LogP) is 3.65. The van der Waals surface area contributed by atoms with Crippen LogP contribution in [0.15, 0.2) is 24.3 Å². The van der Waals surface area contributed by atoms with Crippen LogP contribution in [-0.4, -0.2) is 11.3 Å². The van der Waals surface area contributed by atoms with Crippen LogP contribution in [0.25, 0.3) is 0 Å². The summed E-state index contributed by atoms with van der Waals surface area (Å²) in [7, 11) is 0. The molecule has 0 fully saturated rings. The topological polar surface area (TPSA) is 20.2 Å². The SMILES string of the molecule is CC(C)Cc1cccc(C(C)(O)C(F)(F)F)c1. The maximum absolute atomic E-state index is 12.7. The molecule has 0 saturated heterocycles. The van der Waals surface area contributed by atoms with E-state index >= 15 is 0 Å². The lowest BCUT2D eigenvalue weighted by Crippen LogP contribution is -2.39. The Bertz CT molecular complexity index is 380. The molecule has 0 aliphatic heterocycles. The van der Waals surface area contributed by atoms with Gasteiger partial charge in [0.05, 0.1) is 0 Å². The fraction of sp³-hybridized carbons (Fsp3) is 0.538. The van der Waals surface area contributed by atoms with Gasteiger partial charge in [-0.25, -0.2) is 0 Å². The highest BCUT2D eigenvalue weighted by molar-refractivity contribution is 5.29. The van der Waals surface area contributed by atoms with Gasteiger partial charge >= 0.3 is 6.18 Å². The van der Waals surface area contributed by atoms with Gasteiger partial charge in [-0.05, 0) is 30.4 Å². The van der Waals surface area contributed by atoms with E-state index in [1.54, 1.807) is 12.1 Å². The molecular weight excluding hydrogens is 229 g/mol. The Hall–Kier alpha value is -1.03. The Kier molecular flexibility index (Phi) is 3.87. The molecule has 0 aromatic heterocycles. The van der Waals surface area contributed by atoms with E-state index in [0.717, 1.165) is 12.5 Å². The molecule has 0 aliphatic rings. The smallest absolute Gasteiger partial charge is 0.376 e. The predicted molar refractivity (Wildman–Crippen MR) is 60.6 cm³/mol. The van der Waals surface area contributed by atoms with Crippen molar-refractivity contribution in [2.45, 2.75) is 39.0 Å². The van der Waals surface area contributed by atoms with E-state index in [1.165, 1.54) is 12.1 Å². The molecule has 17 heavy (non-hydrogen) atoms. The fourth-order valence-corrected chi connectivity index (χ4v) is 1.64. The number of rotatable bonds is 3. The number of aliphatic hydroxyl groups is 1. The van der Waals surface area contributed by atoms with Gasteiger partial charge in [0.15, 0.2) is 5.60 Å². The minimum Gasteiger partial charge on any atom is -0.376 e. The van der Waals surface area contributed by atoms with Crippen molar-refractivity contribution in [2.24, 2.45) is 5.92 Å². The van der Waals surface area contributed by atoms with Gasteiger partial charge in [-0.15, -0.1) is 0 Å². The zero-order valence-electron chi connectivity index (χ0n) is 10.2. The highest BCUT2D eigenvalue weighted by atomic mass is 19.4. The molecule has 1 unspecified atom stereocenters. The first-order valence-electron chi connectivity index (χ1n) is 5.53. The third-order valence-electron chi connectivity index (χ3n) is 2.69. The van der Waals surface area contributed by atoms with Crippen molar-refractivity contribution in [3.8, 4) is 0 Å². The summed E-state index contributed by atoms with van der Waals surface area (Å²) in [5.41, 5.74) is -2.09. The lowest BCUT2D eigenvalue weighted by atomic mass is 9.92. The van der Waals surface area contributed by atoms with Crippen molar-refractivity contribution in [3.63, 3.8) is 0 Å². The van der Waals surface area contributed by atoms with Crippen LogP contribution in [0.4, 0.5) is 13.2 Å². The van der Waals surface area contributed by atoms with E-state index in [4.69, 9.17) is 0 Å². The molecule has 1 aromatic rings. The van der Waals surface area contributed by atoms with E-state index in [9.17, 15) is 18.3 Å². The number of halogens is 3. The number of alkyl halides is 3. The second-order valence-electron chi connectivity index (χ2n) is 4.87. The molecule has 1 rings (SSSR count). The maximum atomic E-state index is 12.7. The van der Waals surface area contributed by atoms with E-state index in [-0.39, 0.29) is 5.56 Å².